The van der Waals surface area contributed by atoms with Gasteiger partial charge in [0.05, 0.1) is 25.9 Å². The number of hydrogen-bond acceptors (Lipinski definition) is 7. The third-order valence-electron chi connectivity index (χ3n) is 3.78. The van der Waals surface area contributed by atoms with Crippen molar-refractivity contribution in [3.05, 3.63) is 59.8 Å². The summed E-state index contributed by atoms with van der Waals surface area (Å²) in [5, 5.41) is 15.3. The van der Waals surface area contributed by atoms with E-state index in [9.17, 15) is 0 Å². The number of methoxy groups -OCH3 is 2. The number of rotatable bonds is 6. The number of nitrogens with one attached hydrogen (secondary N) is 2. The Morgan fingerprint density at radius 1 is 0.852 bits per heavy atom. The van der Waals surface area contributed by atoms with Gasteiger partial charge in [-0.3, -0.25) is 0 Å². The molecule has 0 aliphatic carbocycles. The molecular weight excluding hydrogens is 342 g/mol. The second-order valence-corrected chi connectivity index (χ2v) is 5.73. The smallest absolute Gasteiger partial charge is 0.229 e. The lowest BCUT2D eigenvalue weighted by atomic mass is 10.2. The predicted octanol–water partition coefficient (Wildman–Crippen LogP) is 4.16. The van der Waals surface area contributed by atoms with Crippen molar-refractivity contribution in [1.29, 1.82) is 5.26 Å². The topological polar surface area (TPSA) is 92.1 Å². The van der Waals surface area contributed by atoms with Gasteiger partial charge < -0.3 is 20.1 Å². The van der Waals surface area contributed by atoms with Crippen LogP contribution in [0.15, 0.2) is 48.5 Å². The fourth-order valence-corrected chi connectivity index (χ4v) is 2.51. The van der Waals surface area contributed by atoms with Gasteiger partial charge in [-0.05, 0) is 43.3 Å². The highest BCUT2D eigenvalue weighted by molar-refractivity contribution is 5.63. The maximum Gasteiger partial charge on any atom is 0.229 e. The van der Waals surface area contributed by atoms with E-state index in [1.165, 1.54) is 0 Å². The average Bonchev–Trinajstić information content (AvgIpc) is 2.68. The molecular formula is C20H19N5O2. The van der Waals surface area contributed by atoms with Crippen LogP contribution in [0, 0.1) is 18.3 Å². The minimum atomic E-state index is 0.457. The van der Waals surface area contributed by atoms with Crippen molar-refractivity contribution < 1.29 is 9.47 Å². The van der Waals surface area contributed by atoms with E-state index in [2.05, 4.69) is 26.7 Å². The Morgan fingerprint density at radius 3 is 2.22 bits per heavy atom. The van der Waals surface area contributed by atoms with Crippen LogP contribution in [0.1, 0.15) is 11.3 Å². The lowest BCUT2D eigenvalue weighted by molar-refractivity contribution is 0.355. The van der Waals surface area contributed by atoms with Gasteiger partial charge in [0.2, 0.25) is 5.95 Å². The molecule has 2 N–H and O–H groups in total. The predicted molar refractivity (Wildman–Crippen MR) is 104 cm³/mol. The highest BCUT2D eigenvalue weighted by Crippen LogP contribution is 2.30. The summed E-state index contributed by atoms with van der Waals surface area (Å²) in [6.07, 6.45) is 0. The van der Waals surface area contributed by atoms with Crippen LogP contribution in [-0.2, 0) is 0 Å². The Kier molecular flexibility index (Phi) is 5.38. The number of ether oxygens (including phenoxy) is 2. The molecule has 27 heavy (non-hydrogen) atoms. The molecule has 0 unspecified atom stereocenters. The third kappa shape index (κ3) is 4.44. The molecule has 136 valence electrons. The molecule has 0 saturated heterocycles. The molecule has 1 aromatic heterocycles. The van der Waals surface area contributed by atoms with Crippen molar-refractivity contribution in [2.75, 3.05) is 24.9 Å². The van der Waals surface area contributed by atoms with Crippen LogP contribution >= 0.6 is 0 Å². The minimum absolute atomic E-state index is 0.457. The number of aryl methyl sites for hydroxylation is 1. The van der Waals surface area contributed by atoms with E-state index in [1.807, 2.05) is 43.3 Å². The zero-order chi connectivity index (χ0) is 19.2. The van der Waals surface area contributed by atoms with E-state index in [0.29, 0.717) is 28.8 Å². The van der Waals surface area contributed by atoms with Crippen LogP contribution in [0.4, 0.5) is 23.1 Å². The largest absolute Gasteiger partial charge is 0.493 e. The molecule has 0 atom stereocenters. The molecule has 7 heteroatoms. The number of nitriles is 1. The summed E-state index contributed by atoms with van der Waals surface area (Å²) in [4.78, 5) is 8.91. The number of nitrogens with zero attached hydrogens (tertiary/aromatic N) is 3. The lowest BCUT2D eigenvalue weighted by Crippen LogP contribution is -2.02. The zero-order valence-electron chi connectivity index (χ0n) is 15.3. The number of hydrogen-bond donors (Lipinski definition) is 2. The van der Waals surface area contributed by atoms with Crippen LogP contribution in [0.3, 0.4) is 0 Å². The molecule has 0 spiro atoms. The summed E-state index contributed by atoms with van der Waals surface area (Å²) in [6.45, 7) is 1.89. The SMILES string of the molecule is COc1ccc(Nc2nc(C)cc(Nc3ccc(C#N)cc3)n2)cc1OC. The first kappa shape index (κ1) is 18.0. The molecule has 2 aromatic carbocycles. The van der Waals surface area contributed by atoms with Gasteiger partial charge in [0.15, 0.2) is 11.5 Å². The normalized spacial score (nSPS) is 10.0. The van der Waals surface area contributed by atoms with E-state index in [-0.39, 0.29) is 0 Å². The summed E-state index contributed by atoms with van der Waals surface area (Å²) >= 11 is 0. The molecule has 1 heterocycles. The zero-order valence-corrected chi connectivity index (χ0v) is 15.3. The van der Waals surface area contributed by atoms with E-state index < -0.39 is 0 Å². The minimum Gasteiger partial charge on any atom is -0.493 e. The number of anilines is 4. The van der Waals surface area contributed by atoms with E-state index in [4.69, 9.17) is 14.7 Å². The molecule has 0 aliphatic rings. The van der Waals surface area contributed by atoms with Crippen LogP contribution < -0.4 is 20.1 Å². The van der Waals surface area contributed by atoms with Gasteiger partial charge in [0.1, 0.15) is 5.82 Å². The molecule has 3 rings (SSSR count). The molecule has 0 amide bonds. The number of benzene rings is 2. The van der Waals surface area contributed by atoms with Crippen LogP contribution in [0.25, 0.3) is 0 Å². The van der Waals surface area contributed by atoms with Gasteiger partial charge in [-0.25, -0.2) is 4.98 Å². The van der Waals surface area contributed by atoms with Crippen LogP contribution in [-0.4, -0.2) is 24.2 Å². The maximum atomic E-state index is 8.89. The molecule has 0 bridgehead atoms. The Morgan fingerprint density at radius 2 is 1.56 bits per heavy atom. The second-order valence-electron chi connectivity index (χ2n) is 5.73. The summed E-state index contributed by atoms with van der Waals surface area (Å²) in [5.74, 6) is 2.37. The van der Waals surface area contributed by atoms with Gasteiger partial charge in [-0.2, -0.15) is 10.2 Å². The summed E-state index contributed by atoms with van der Waals surface area (Å²) in [5.41, 5.74) is 3.03. The van der Waals surface area contributed by atoms with Crippen molar-refractivity contribution in [2.45, 2.75) is 6.92 Å². The van der Waals surface area contributed by atoms with Crippen LogP contribution in [0.2, 0.25) is 0 Å². The van der Waals surface area contributed by atoms with Gasteiger partial charge in [-0.1, -0.05) is 0 Å². The molecule has 0 aliphatic heterocycles. The summed E-state index contributed by atoms with van der Waals surface area (Å²) in [6, 6.07) is 16.6. The Labute approximate surface area is 157 Å². The quantitative estimate of drug-likeness (QED) is 0.681. The van der Waals surface area contributed by atoms with Gasteiger partial charge in [0.25, 0.3) is 0 Å². The molecule has 0 fully saturated rings. The lowest BCUT2D eigenvalue weighted by Gasteiger charge is -2.12. The van der Waals surface area contributed by atoms with Crippen LogP contribution in [0.5, 0.6) is 11.5 Å². The second kappa shape index (κ2) is 8.06. The Balaban J connectivity index is 1.81. The maximum absolute atomic E-state index is 8.89. The summed E-state index contributed by atoms with van der Waals surface area (Å²) < 4.78 is 10.6. The van der Waals surface area contributed by atoms with Crippen molar-refractivity contribution in [3.8, 4) is 17.6 Å². The Bertz CT molecular complexity index is 981. The van der Waals surface area contributed by atoms with Gasteiger partial charge in [0, 0.05) is 29.2 Å². The summed E-state index contributed by atoms with van der Waals surface area (Å²) in [7, 11) is 3.18. The first-order chi connectivity index (χ1) is 13.1. The highest BCUT2D eigenvalue weighted by atomic mass is 16.5. The van der Waals surface area contributed by atoms with E-state index >= 15 is 0 Å². The van der Waals surface area contributed by atoms with E-state index in [1.54, 1.807) is 26.4 Å². The highest BCUT2D eigenvalue weighted by Gasteiger charge is 2.07. The molecule has 7 nitrogen and oxygen atoms in total. The fourth-order valence-electron chi connectivity index (χ4n) is 2.51. The third-order valence-corrected chi connectivity index (χ3v) is 3.78. The molecule has 0 radical (unpaired) electrons. The molecule has 0 saturated carbocycles. The van der Waals surface area contributed by atoms with Crippen molar-refractivity contribution in [3.63, 3.8) is 0 Å². The number of aromatic nitrogens is 2. The Hall–Kier alpha value is -3.79. The van der Waals surface area contributed by atoms with Gasteiger partial charge in [-0.15, -0.1) is 0 Å². The molecule has 3 aromatic rings. The van der Waals surface area contributed by atoms with Gasteiger partial charge >= 0.3 is 0 Å². The standard InChI is InChI=1S/C20H19N5O2/c1-13-10-19(23-15-6-4-14(12-21)5-7-15)25-20(22-13)24-16-8-9-17(26-2)18(11-16)27-3/h4-11H,1-3H3,(H2,22,23,24,25). The van der Waals surface area contributed by atoms with Crippen molar-refractivity contribution in [1.82, 2.24) is 9.97 Å². The van der Waals surface area contributed by atoms with Crippen molar-refractivity contribution >= 4 is 23.1 Å². The fraction of sp³-hybridized carbons (Fsp3) is 0.150. The van der Waals surface area contributed by atoms with E-state index in [0.717, 1.165) is 17.1 Å². The first-order valence-electron chi connectivity index (χ1n) is 8.23. The monoisotopic (exact) mass is 361 g/mol. The average molecular weight is 361 g/mol. The van der Waals surface area contributed by atoms with Crippen molar-refractivity contribution in [2.24, 2.45) is 0 Å². The first-order valence-corrected chi connectivity index (χ1v) is 8.23.